The molecule has 0 aromatic carbocycles. The number of piperazine rings is 1. The molecule has 1 unspecified atom stereocenters. The van der Waals surface area contributed by atoms with Gasteiger partial charge in [0.25, 0.3) is 5.91 Å². The molecule has 0 aliphatic carbocycles. The Labute approximate surface area is 94.8 Å². The summed E-state index contributed by atoms with van der Waals surface area (Å²) in [6.45, 7) is 5.36. The molecule has 1 heterocycles. The summed E-state index contributed by atoms with van der Waals surface area (Å²) in [7, 11) is 0. The summed E-state index contributed by atoms with van der Waals surface area (Å²) in [6, 6.07) is 0. The van der Waals surface area contributed by atoms with E-state index in [0.717, 1.165) is 0 Å². The van der Waals surface area contributed by atoms with Crippen molar-refractivity contribution in [3.8, 4) is 0 Å². The number of aliphatic hydroxyl groups excluding tert-OH is 1. The van der Waals surface area contributed by atoms with Gasteiger partial charge in [0.1, 0.15) is 6.10 Å². The van der Waals surface area contributed by atoms with E-state index in [1.807, 2.05) is 0 Å². The van der Waals surface area contributed by atoms with Gasteiger partial charge in [0.15, 0.2) is 0 Å². The van der Waals surface area contributed by atoms with Gasteiger partial charge < -0.3 is 19.6 Å². The lowest BCUT2D eigenvalue weighted by atomic mass is 10.3. The molecule has 0 radical (unpaired) electrons. The molecule has 0 spiro atoms. The lowest BCUT2D eigenvalue weighted by Crippen LogP contribution is -2.52. The second kappa shape index (κ2) is 5.69. The summed E-state index contributed by atoms with van der Waals surface area (Å²) in [5.74, 6) is -0.288. The highest BCUT2D eigenvalue weighted by Gasteiger charge is 2.26. The summed E-state index contributed by atoms with van der Waals surface area (Å²) >= 11 is 0. The van der Waals surface area contributed by atoms with Crippen molar-refractivity contribution in [3.05, 3.63) is 0 Å². The number of nitrogens with zero attached hydrogens (tertiary/aromatic N) is 2. The van der Waals surface area contributed by atoms with E-state index in [1.54, 1.807) is 16.7 Å². The third-order valence-corrected chi connectivity index (χ3v) is 2.47. The number of carbonyl (C=O) groups excluding carboxylic acids is 2. The van der Waals surface area contributed by atoms with Crippen LogP contribution in [-0.2, 0) is 9.53 Å². The van der Waals surface area contributed by atoms with Crippen molar-refractivity contribution >= 4 is 12.0 Å². The third kappa shape index (κ3) is 3.10. The summed E-state index contributed by atoms with van der Waals surface area (Å²) in [4.78, 5) is 25.9. The SMILES string of the molecule is CCOC(=O)N1CCN(C(=O)C(C)O)CC1. The van der Waals surface area contributed by atoms with Gasteiger partial charge >= 0.3 is 6.09 Å². The molecule has 1 N–H and O–H groups in total. The molecule has 0 saturated carbocycles. The molecule has 0 aromatic rings. The van der Waals surface area contributed by atoms with E-state index < -0.39 is 6.10 Å². The molecule has 1 fully saturated rings. The molecule has 2 amide bonds. The Bertz CT molecular complexity index is 260. The number of rotatable bonds is 2. The van der Waals surface area contributed by atoms with E-state index in [-0.39, 0.29) is 12.0 Å². The van der Waals surface area contributed by atoms with Gasteiger partial charge in [-0.2, -0.15) is 0 Å². The van der Waals surface area contributed by atoms with Gasteiger partial charge in [0.2, 0.25) is 0 Å². The predicted molar refractivity (Wildman–Crippen MR) is 56.9 cm³/mol. The number of ether oxygens (including phenoxy) is 1. The van der Waals surface area contributed by atoms with Gasteiger partial charge in [-0.3, -0.25) is 4.79 Å². The highest BCUT2D eigenvalue weighted by molar-refractivity contribution is 5.80. The van der Waals surface area contributed by atoms with Crippen molar-refractivity contribution in [1.29, 1.82) is 0 Å². The Kier molecular flexibility index (Phi) is 4.54. The summed E-state index contributed by atoms with van der Waals surface area (Å²) < 4.78 is 4.86. The van der Waals surface area contributed by atoms with Gasteiger partial charge in [-0.1, -0.05) is 0 Å². The van der Waals surface area contributed by atoms with Crippen LogP contribution in [0.2, 0.25) is 0 Å². The molecular formula is C10H18N2O4. The molecule has 1 aliphatic heterocycles. The molecule has 16 heavy (non-hydrogen) atoms. The van der Waals surface area contributed by atoms with Crippen LogP contribution < -0.4 is 0 Å². The van der Waals surface area contributed by atoms with Gasteiger partial charge in [0, 0.05) is 26.2 Å². The van der Waals surface area contributed by atoms with Crippen molar-refractivity contribution in [3.63, 3.8) is 0 Å². The fourth-order valence-electron chi connectivity index (χ4n) is 1.59. The maximum absolute atomic E-state index is 11.4. The fourth-order valence-corrected chi connectivity index (χ4v) is 1.59. The first-order valence-electron chi connectivity index (χ1n) is 5.44. The van der Waals surface area contributed by atoms with Gasteiger partial charge in [-0.05, 0) is 13.8 Å². The molecule has 6 heteroatoms. The average molecular weight is 230 g/mol. The van der Waals surface area contributed by atoms with Crippen LogP contribution in [0.3, 0.4) is 0 Å². The second-order valence-electron chi connectivity index (χ2n) is 3.69. The van der Waals surface area contributed by atoms with Crippen LogP contribution in [0.15, 0.2) is 0 Å². The quantitative estimate of drug-likeness (QED) is 0.705. The molecule has 6 nitrogen and oxygen atoms in total. The Balaban J connectivity index is 2.39. The van der Waals surface area contributed by atoms with E-state index in [2.05, 4.69) is 0 Å². The van der Waals surface area contributed by atoms with Crippen LogP contribution >= 0.6 is 0 Å². The van der Waals surface area contributed by atoms with Crippen molar-refractivity contribution in [2.75, 3.05) is 32.8 Å². The van der Waals surface area contributed by atoms with Crippen LogP contribution in [0.1, 0.15) is 13.8 Å². The van der Waals surface area contributed by atoms with Gasteiger partial charge in [-0.15, -0.1) is 0 Å². The topological polar surface area (TPSA) is 70.1 Å². The van der Waals surface area contributed by atoms with Crippen molar-refractivity contribution in [2.45, 2.75) is 20.0 Å². The van der Waals surface area contributed by atoms with Crippen LogP contribution in [0, 0.1) is 0 Å². The van der Waals surface area contributed by atoms with E-state index in [4.69, 9.17) is 9.84 Å². The zero-order valence-electron chi connectivity index (χ0n) is 9.68. The zero-order chi connectivity index (χ0) is 12.1. The van der Waals surface area contributed by atoms with Crippen molar-refractivity contribution in [1.82, 2.24) is 9.80 Å². The smallest absolute Gasteiger partial charge is 0.409 e. The standard InChI is InChI=1S/C10H18N2O4/c1-3-16-10(15)12-6-4-11(5-7-12)9(14)8(2)13/h8,13H,3-7H2,1-2H3. The van der Waals surface area contributed by atoms with Crippen LogP contribution in [0.25, 0.3) is 0 Å². The molecule has 1 saturated heterocycles. The highest BCUT2D eigenvalue weighted by atomic mass is 16.6. The highest BCUT2D eigenvalue weighted by Crippen LogP contribution is 2.05. The van der Waals surface area contributed by atoms with E-state index in [1.165, 1.54) is 6.92 Å². The lowest BCUT2D eigenvalue weighted by Gasteiger charge is -2.34. The number of aliphatic hydroxyl groups is 1. The summed E-state index contributed by atoms with van der Waals surface area (Å²) in [6.07, 6.45) is -1.32. The van der Waals surface area contributed by atoms with Crippen LogP contribution in [-0.4, -0.2) is 65.8 Å². The molecular weight excluding hydrogens is 212 g/mol. The largest absolute Gasteiger partial charge is 0.450 e. The Hall–Kier alpha value is -1.30. The van der Waals surface area contributed by atoms with Gasteiger partial charge in [-0.25, -0.2) is 4.79 Å². The third-order valence-electron chi connectivity index (χ3n) is 2.47. The Morgan fingerprint density at radius 3 is 2.19 bits per heavy atom. The zero-order valence-corrected chi connectivity index (χ0v) is 9.68. The molecule has 92 valence electrons. The summed E-state index contributed by atoms with van der Waals surface area (Å²) in [5.41, 5.74) is 0. The minimum atomic E-state index is -0.978. The number of carbonyl (C=O) groups is 2. The first kappa shape index (κ1) is 12.8. The Morgan fingerprint density at radius 2 is 1.75 bits per heavy atom. The molecule has 1 aliphatic rings. The first-order chi connectivity index (χ1) is 7.56. The Morgan fingerprint density at radius 1 is 1.25 bits per heavy atom. The van der Waals surface area contributed by atoms with E-state index >= 15 is 0 Å². The minimum Gasteiger partial charge on any atom is -0.450 e. The maximum atomic E-state index is 11.4. The maximum Gasteiger partial charge on any atom is 0.409 e. The number of amides is 2. The normalized spacial score (nSPS) is 18.2. The van der Waals surface area contributed by atoms with Crippen LogP contribution in [0.4, 0.5) is 4.79 Å². The molecule has 0 aromatic heterocycles. The molecule has 1 rings (SSSR count). The minimum absolute atomic E-state index is 0.288. The van der Waals surface area contributed by atoms with E-state index in [9.17, 15) is 9.59 Å². The van der Waals surface area contributed by atoms with Crippen molar-refractivity contribution in [2.24, 2.45) is 0 Å². The predicted octanol–water partition coefficient (Wildman–Crippen LogP) is -0.332. The first-order valence-corrected chi connectivity index (χ1v) is 5.44. The van der Waals surface area contributed by atoms with Gasteiger partial charge in [0.05, 0.1) is 6.61 Å². The van der Waals surface area contributed by atoms with E-state index in [0.29, 0.717) is 32.8 Å². The number of hydrogen-bond donors (Lipinski definition) is 1. The number of hydrogen-bond acceptors (Lipinski definition) is 4. The van der Waals surface area contributed by atoms with Crippen molar-refractivity contribution < 1.29 is 19.4 Å². The molecule has 0 bridgehead atoms. The lowest BCUT2D eigenvalue weighted by molar-refractivity contribution is -0.140. The van der Waals surface area contributed by atoms with Crippen LogP contribution in [0.5, 0.6) is 0 Å². The monoisotopic (exact) mass is 230 g/mol. The molecule has 1 atom stereocenters. The second-order valence-corrected chi connectivity index (χ2v) is 3.69. The average Bonchev–Trinajstić information content (AvgIpc) is 2.28. The summed E-state index contributed by atoms with van der Waals surface area (Å²) in [5, 5.41) is 9.14. The fraction of sp³-hybridized carbons (Fsp3) is 0.800.